The van der Waals surface area contributed by atoms with Crippen molar-refractivity contribution >= 4 is 17.5 Å². The molecular formula is C18H21N7O. The summed E-state index contributed by atoms with van der Waals surface area (Å²) < 4.78 is 3.62. The Morgan fingerprint density at radius 1 is 1.27 bits per heavy atom. The maximum Gasteiger partial charge on any atom is 0.232 e. The summed E-state index contributed by atoms with van der Waals surface area (Å²) in [7, 11) is 0. The fraction of sp³-hybridized carbons (Fsp3) is 0.333. The van der Waals surface area contributed by atoms with Gasteiger partial charge in [-0.05, 0) is 26.0 Å². The Morgan fingerprint density at radius 3 is 2.81 bits per heavy atom. The van der Waals surface area contributed by atoms with Crippen molar-refractivity contribution < 1.29 is 4.79 Å². The van der Waals surface area contributed by atoms with Gasteiger partial charge in [0.25, 0.3) is 0 Å². The van der Waals surface area contributed by atoms with Crippen LogP contribution in [0.1, 0.15) is 25.5 Å². The zero-order valence-corrected chi connectivity index (χ0v) is 14.7. The van der Waals surface area contributed by atoms with E-state index in [4.69, 9.17) is 0 Å². The van der Waals surface area contributed by atoms with Crippen LogP contribution in [0.3, 0.4) is 0 Å². The van der Waals surface area contributed by atoms with Crippen molar-refractivity contribution in [3.63, 3.8) is 0 Å². The second-order valence-electron chi connectivity index (χ2n) is 6.42. The molecule has 0 spiro atoms. The second kappa shape index (κ2) is 6.62. The fourth-order valence-corrected chi connectivity index (χ4v) is 3.45. The number of amides is 1. The Kier molecular flexibility index (Phi) is 4.16. The third-order valence-electron chi connectivity index (χ3n) is 4.73. The van der Waals surface area contributed by atoms with Gasteiger partial charge in [0.2, 0.25) is 11.9 Å². The van der Waals surface area contributed by atoms with Crippen LogP contribution in [0.4, 0.5) is 11.6 Å². The summed E-state index contributed by atoms with van der Waals surface area (Å²) in [5.74, 6) is 0.237. The van der Waals surface area contributed by atoms with E-state index in [0.717, 1.165) is 17.8 Å². The number of hydrogen-bond acceptors (Lipinski definition) is 5. The van der Waals surface area contributed by atoms with E-state index in [2.05, 4.69) is 25.8 Å². The number of carbonyl (C=O) groups is 1. The van der Waals surface area contributed by atoms with E-state index in [9.17, 15) is 4.79 Å². The van der Waals surface area contributed by atoms with Gasteiger partial charge in [0.15, 0.2) is 0 Å². The number of anilines is 2. The fourth-order valence-electron chi connectivity index (χ4n) is 3.45. The zero-order valence-electron chi connectivity index (χ0n) is 14.7. The van der Waals surface area contributed by atoms with E-state index >= 15 is 0 Å². The SMILES string of the molecule is CCn1cc([C@H]2[C@@H](C(=O)Nc3ccccc3)[C@H](C)Nc3ncnn32)cn1. The summed E-state index contributed by atoms with van der Waals surface area (Å²) in [6.07, 6.45) is 5.28. The lowest BCUT2D eigenvalue weighted by Crippen LogP contribution is -2.46. The lowest BCUT2D eigenvalue weighted by Gasteiger charge is -2.36. The first-order valence-corrected chi connectivity index (χ1v) is 8.71. The summed E-state index contributed by atoms with van der Waals surface area (Å²) in [5, 5.41) is 15.0. The molecule has 0 bridgehead atoms. The van der Waals surface area contributed by atoms with Crippen LogP contribution in [0.5, 0.6) is 0 Å². The molecule has 0 fully saturated rings. The number of para-hydroxylation sites is 1. The molecule has 3 atom stereocenters. The molecule has 0 radical (unpaired) electrons. The number of benzene rings is 1. The summed E-state index contributed by atoms with van der Waals surface area (Å²) in [6.45, 7) is 4.79. The van der Waals surface area contributed by atoms with Crippen molar-refractivity contribution in [2.45, 2.75) is 32.5 Å². The van der Waals surface area contributed by atoms with Crippen LogP contribution in [0.15, 0.2) is 49.1 Å². The van der Waals surface area contributed by atoms with Crippen LogP contribution < -0.4 is 10.6 Å². The minimum atomic E-state index is -0.362. The van der Waals surface area contributed by atoms with Crippen LogP contribution in [-0.4, -0.2) is 36.5 Å². The molecular weight excluding hydrogens is 330 g/mol. The summed E-state index contributed by atoms with van der Waals surface area (Å²) in [5.41, 5.74) is 1.72. The number of aryl methyl sites for hydroxylation is 1. The third kappa shape index (κ3) is 2.83. The standard InChI is InChI=1S/C18H21N7O/c1-3-24-10-13(9-20-24)16-15(12(2)22-18-19-11-21-25(16)18)17(26)23-14-7-5-4-6-8-14/h4-12,15-16H,3H2,1-2H3,(H,23,26)(H,19,21,22)/t12-,15-,16-/m0/s1. The van der Waals surface area contributed by atoms with Gasteiger partial charge >= 0.3 is 0 Å². The average Bonchev–Trinajstić information content (AvgIpc) is 3.30. The van der Waals surface area contributed by atoms with Crippen LogP contribution in [0, 0.1) is 5.92 Å². The maximum atomic E-state index is 13.1. The quantitative estimate of drug-likeness (QED) is 0.752. The van der Waals surface area contributed by atoms with Gasteiger partial charge in [0, 0.05) is 30.0 Å². The molecule has 8 nitrogen and oxygen atoms in total. The Labute approximate surface area is 151 Å². The first-order valence-electron chi connectivity index (χ1n) is 8.71. The van der Waals surface area contributed by atoms with E-state index in [1.165, 1.54) is 6.33 Å². The van der Waals surface area contributed by atoms with E-state index in [1.54, 1.807) is 10.9 Å². The molecule has 0 saturated carbocycles. The zero-order chi connectivity index (χ0) is 18.1. The molecule has 26 heavy (non-hydrogen) atoms. The number of carbonyl (C=O) groups excluding carboxylic acids is 1. The summed E-state index contributed by atoms with van der Waals surface area (Å²) >= 11 is 0. The molecule has 8 heteroatoms. The van der Waals surface area contributed by atoms with Crippen LogP contribution in [0.25, 0.3) is 0 Å². The third-order valence-corrected chi connectivity index (χ3v) is 4.73. The highest BCUT2D eigenvalue weighted by Crippen LogP contribution is 2.36. The molecule has 4 rings (SSSR count). The highest BCUT2D eigenvalue weighted by molar-refractivity contribution is 5.94. The monoisotopic (exact) mass is 351 g/mol. The van der Waals surface area contributed by atoms with Crippen LogP contribution in [0.2, 0.25) is 0 Å². The molecule has 3 heterocycles. The summed E-state index contributed by atoms with van der Waals surface area (Å²) in [6, 6.07) is 9.10. The lowest BCUT2D eigenvalue weighted by atomic mass is 9.86. The first-order chi connectivity index (χ1) is 12.7. The predicted molar refractivity (Wildman–Crippen MR) is 97.7 cm³/mol. The Bertz CT molecular complexity index is 901. The molecule has 2 aromatic heterocycles. The van der Waals surface area contributed by atoms with Crippen molar-refractivity contribution in [2.24, 2.45) is 5.92 Å². The van der Waals surface area contributed by atoms with Crippen molar-refractivity contribution in [1.29, 1.82) is 0 Å². The second-order valence-corrected chi connectivity index (χ2v) is 6.42. The number of hydrogen-bond donors (Lipinski definition) is 2. The number of nitrogens with zero attached hydrogens (tertiary/aromatic N) is 5. The maximum absolute atomic E-state index is 13.1. The minimum absolute atomic E-state index is 0.0633. The lowest BCUT2D eigenvalue weighted by molar-refractivity contribution is -0.121. The predicted octanol–water partition coefficient (Wildman–Crippen LogP) is 2.15. The molecule has 3 aromatic rings. The van der Waals surface area contributed by atoms with Gasteiger partial charge in [-0.15, -0.1) is 0 Å². The van der Waals surface area contributed by atoms with E-state index in [0.29, 0.717) is 5.95 Å². The first kappa shape index (κ1) is 16.3. The molecule has 134 valence electrons. The molecule has 1 aliphatic rings. The van der Waals surface area contributed by atoms with Crippen molar-refractivity contribution in [2.75, 3.05) is 10.6 Å². The largest absolute Gasteiger partial charge is 0.351 e. The molecule has 0 saturated heterocycles. The highest BCUT2D eigenvalue weighted by atomic mass is 16.2. The van der Waals surface area contributed by atoms with E-state index in [-0.39, 0.29) is 23.9 Å². The normalized spacial score (nSPS) is 21.7. The van der Waals surface area contributed by atoms with E-state index in [1.807, 2.05) is 55.1 Å². The molecule has 0 unspecified atom stereocenters. The smallest absolute Gasteiger partial charge is 0.232 e. The number of aromatic nitrogens is 5. The summed E-state index contributed by atoms with van der Waals surface area (Å²) in [4.78, 5) is 17.4. The van der Waals surface area contributed by atoms with Gasteiger partial charge in [-0.1, -0.05) is 18.2 Å². The molecule has 1 amide bonds. The topological polar surface area (TPSA) is 89.7 Å². The van der Waals surface area contributed by atoms with Crippen molar-refractivity contribution in [3.05, 3.63) is 54.6 Å². The number of rotatable bonds is 4. The number of fused-ring (bicyclic) bond motifs is 1. The minimum Gasteiger partial charge on any atom is -0.351 e. The van der Waals surface area contributed by atoms with Gasteiger partial charge in [-0.25, -0.2) is 4.68 Å². The average molecular weight is 351 g/mol. The molecule has 2 N–H and O–H groups in total. The Morgan fingerprint density at radius 2 is 2.08 bits per heavy atom. The van der Waals surface area contributed by atoms with Crippen LogP contribution >= 0.6 is 0 Å². The van der Waals surface area contributed by atoms with Gasteiger partial charge < -0.3 is 10.6 Å². The Hall–Kier alpha value is -3.16. The highest BCUT2D eigenvalue weighted by Gasteiger charge is 2.41. The number of nitrogens with one attached hydrogen (secondary N) is 2. The van der Waals surface area contributed by atoms with Crippen molar-refractivity contribution in [3.8, 4) is 0 Å². The van der Waals surface area contributed by atoms with Gasteiger partial charge in [0.1, 0.15) is 6.33 Å². The molecule has 1 aliphatic heterocycles. The van der Waals surface area contributed by atoms with Gasteiger partial charge in [0.05, 0.1) is 18.2 Å². The Balaban J connectivity index is 1.71. The molecule has 0 aliphatic carbocycles. The van der Waals surface area contributed by atoms with E-state index < -0.39 is 0 Å². The van der Waals surface area contributed by atoms with Crippen LogP contribution in [-0.2, 0) is 11.3 Å². The molecule has 1 aromatic carbocycles. The van der Waals surface area contributed by atoms with Crippen molar-refractivity contribution in [1.82, 2.24) is 24.5 Å². The van der Waals surface area contributed by atoms with Gasteiger partial charge in [-0.3, -0.25) is 9.48 Å². The van der Waals surface area contributed by atoms with Gasteiger partial charge in [-0.2, -0.15) is 15.2 Å².